The molecule has 7 heteroatoms. The lowest BCUT2D eigenvalue weighted by molar-refractivity contribution is -0.385. The number of hydrogen-bond donors (Lipinski definition) is 1. The molecule has 1 aliphatic rings. The van der Waals surface area contributed by atoms with Gasteiger partial charge in [0.2, 0.25) is 0 Å². The summed E-state index contributed by atoms with van der Waals surface area (Å²) in [5, 5.41) is 14.7. The molecule has 0 aromatic heterocycles. The average Bonchev–Trinajstić information content (AvgIpc) is 2.86. The molecule has 114 valence electrons. The zero-order chi connectivity index (χ0) is 15.4. The first-order chi connectivity index (χ1) is 10.0. The number of halogens is 1. The summed E-state index contributed by atoms with van der Waals surface area (Å²) in [7, 11) is 0. The van der Waals surface area contributed by atoms with Crippen molar-refractivity contribution >= 4 is 35.0 Å². The Morgan fingerprint density at radius 3 is 2.95 bits per heavy atom. The number of amides is 1. The van der Waals surface area contributed by atoms with E-state index in [1.54, 1.807) is 0 Å². The van der Waals surface area contributed by atoms with E-state index in [1.165, 1.54) is 18.2 Å². The van der Waals surface area contributed by atoms with Crippen LogP contribution < -0.4 is 5.32 Å². The Labute approximate surface area is 132 Å². The SMILES string of the molecule is CCSC1CCCC1NC(=O)c1cc(Cl)ccc1[N+](=O)[O-]. The summed E-state index contributed by atoms with van der Waals surface area (Å²) in [6, 6.07) is 4.11. The van der Waals surface area contributed by atoms with Crippen LogP contribution in [0, 0.1) is 10.1 Å². The predicted molar refractivity (Wildman–Crippen MR) is 85.1 cm³/mol. The van der Waals surface area contributed by atoms with Crippen molar-refractivity contribution in [3.63, 3.8) is 0 Å². The highest BCUT2D eigenvalue weighted by Crippen LogP contribution is 2.30. The number of nitrogens with zero attached hydrogens (tertiary/aromatic N) is 1. The highest BCUT2D eigenvalue weighted by molar-refractivity contribution is 7.99. The van der Waals surface area contributed by atoms with Crippen LogP contribution in [0.4, 0.5) is 5.69 Å². The summed E-state index contributed by atoms with van der Waals surface area (Å²) in [6.07, 6.45) is 3.05. The van der Waals surface area contributed by atoms with Crippen LogP contribution in [0.3, 0.4) is 0 Å². The van der Waals surface area contributed by atoms with Gasteiger partial charge in [0.25, 0.3) is 11.6 Å². The third-order valence-corrected chi connectivity index (χ3v) is 5.11. The summed E-state index contributed by atoms with van der Waals surface area (Å²) in [4.78, 5) is 22.8. The minimum Gasteiger partial charge on any atom is -0.348 e. The Kier molecular flexibility index (Phi) is 5.47. The molecule has 2 rings (SSSR count). The van der Waals surface area contributed by atoms with E-state index in [4.69, 9.17) is 11.6 Å². The molecule has 1 N–H and O–H groups in total. The predicted octanol–water partition coefficient (Wildman–Crippen LogP) is 3.65. The molecule has 1 fully saturated rings. The largest absolute Gasteiger partial charge is 0.348 e. The van der Waals surface area contributed by atoms with Gasteiger partial charge in [-0.1, -0.05) is 24.9 Å². The fraction of sp³-hybridized carbons (Fsp3) is 0.500. The lowest BCUT2D eigenvalue weighted by Gasteiger charge is -2.20. The second-order valence-corrected chi connectivity index (χ2v) is 6.88. The molecule has 0 saturated heterocycles. The van der Waals surface area contributed by atoms with Gasteiger partial charge in [0.05, 0.1) is 4.92 Å². The van der Waals surface area contributed by atoms with Gasteiger partial charge in [-0.2, -0.15) is 11.8 Å². The Morgan fingerprint density at radius 1 is 1.52 bits per heavy atom. The number of carbonyl (C=O) groups excluding carboxylic acids is 1. The molecule has 1 aliphatic carbocycles. The van der Waals surface area contributed by atoms with Gasteiger partial charge in [-0.15, -0.1) is 0 Å². The zero-order valence-electron chi connectivity index (χ0n) is 11.7. The van der Waals surface area contributed by atoms with Crippen LogP contribution >= 0.6 is 23.4 Å². The van der Waals surface area contributed by atoms with Crippen molar-refractivity contribution in [2.45, 2.75) is 37.5 Å². The number of thioether (sulfide) groups is 1. The van der Waals surface area contributed by atoms with Crippen LogP contribution in [0.1, 0.15) is 36.5 Å². The quantitative estimate of drug-likeness (QED) is 0.661. The Morgan fingerprint density at radius 2 is 2.29 bits per heavy atom. The molecular formula is C14H17ClN2O3S. The molecular weight excluding hydrogens is 312 g/mol. The maximum absolute atomic E-state index is 12.3. The molecule has 5 nitrogen and oxygen atoms in total. The first kappa shape index (κ1) is 16.1. The van der Waals surface area contributed by atoms with E-state index in [2.05, 4.69) is 12.2 Å². The number of rotatable bonds is 5. The van der Waals surface area contributed by atoms with Crippen molar-refractivity contribution in [2.24, 2.45) is 0 Å². The van der Waals surface area contributed by atoms with Crippen LogP contribution in [0.15, 0.2) is 18.2 Å². The second kappa shape index (κ2) is 7.13. The maximum Gasteiger partial charge on any atom is 0.282 e. The second-order valence-electron chi connectivity index (χ2n) is 4.92. The summed E-state index contributed by atoms with van der Waals surface area (Å²) in [5.74, 6) is 0.576. The summed E-state index contributed by atoms with van der Waals surface area (Å²) >= 11 is 7.68. The Hall–Kier alpha value is -1.27. The minimum atomic E-state index is -0.557. The van der Waals surface area contributed by atoms with Crippen molar-refractivity contribution < 1.29 is 9.72 Å². The monoisotopic (exact) mass is 328 g/mol. The van der Waals surface area contributed by atoms with E-state index in [-0.39, 0.29) is 17.3 Å². The Balaban J connectivity index is 2.16. The molecule has 1 aromatic rings. The molecule has 0 bridgehead atoms. The minimum absolute atomic E-state index is 0.0275. The van der Waals surface area contributed by atoms with E-state index in [1.807, 2.05) is 11.8 Å². The fourth-order valence-electron chi connectivity index (χ4n) is 2.60. The van der Waals surface area contributed by atoms with E-state index in [0.717, 1.165) is 25.0 Å². The molecule has 0 heterocycles. The average molecular weight is 329 g/mol. The molecule has 0 spiro atoms. The van der Waals surface area contributed by atoms with Crippen molar-refractivity contribution in [3.8, 4) is 0 Å². The highest BCUT2D eigenvalue weighted by Gasteiger charge is 2.30. The summed E-state index contributed by atoms with van der Waals surface area (Å²) in [5.41, 5.74) is -0.186. The molecule has 1 saturated carbocycles. The van der Waals surface area contributed by atoms with Gasteiger partial charge >= 0.3 is 0 Å². The van der Waals surface area contributed by atoms with Crippen molar-refractivity contribution in [2.75, 3.05) is 5.75 Å². The van der Waals surface area contributed by atoms with Crippen LogP contribution in [0.5, 0.6) is 0 Å². The number of nitro benzene ring substituents is 1. The van der Waals surface area contributed by atoms with Crippen LogP contribution in [-0.4, -0.2) is 27.9 Å². The van der Waals surface area contributed by atoms with Gasteiger partial charge < -0.3 is 5.32 Å². The molecule has 2 atom stereocenters. The number of nitro groups is 1. The third kappa shape index (κ3) is 3.89. The normalized spacial score (nSPS) is 21.2. The molecule has 1 amide bonds. The standard InChI is InChI=1S/C14H17ClN2O3S/c1-2-21-13-5-3-4-11(13)16-14(18)10-8-9(15)6-7-12(10)17(19)20/h6-8,11,13H,2-5H2,1H3,(H,16,18). The van der Waals surface area contributed by atoms with Crippen LogP contribution in [-0.2, 0) is 0 Å². The molecule has 0 radical (unpaired) electrons. The number of hydrogen-bond acceptors (Lipinski definition) is 4. The first-order valence-corrected chi connectivity index (χ1v) is 8.32. The van der Waals surface area contributed by atoms with Gasteiger partial charge in [0, 0.05) is 22.4 Å². The summed E-state index contributed by atoms with van der Waals surface area (Å²) in [6.45, 7) is 2.09. The molecule has 2 unspecified atom stereocenters. The number of carbonyl (C=O) groups is 1. The van der Waals surface area contributed by atoms with Crippen LogP contribution in [0.2, 0.25) is 5.02 Å². The van der Waals surface area contributed by atoms with Gasteiger partial charge in [-0.25, -0.2) is 0 Å². The lowest BCUT2D eigenvalue weighted by atomic mass is 10.1. The Bertz CT molecular complexity index is 553. The highest BCUT2D eigenvalue weighted by atomic mass is 35.5. The topological polar surface area (TPSA) is 72.2 Å². The molecule has 0 aliphatic heterocycles. The fourth-order valence-corrected chi connectivity index (χ4v) is 3.97. The lowest BCUT2D eigenvalue weighted by Crippen LogP contribution is -2.39. The maximum atomic E-state index is 12.3. The van der Waals surface area contributed by atoms with E-state index < -0.39 is 10.8 Å². The van der Waals surface area contributed by atoms with Crippen molar-refractivity contribution in [1.82, 2.24) is 5.32 Å². The summed E-state index contributed by atoms with van der Waals surface area (Å²) < 4.78 is 0. The smallest absolute Gasteiger partial charge is 0.282 e. The van der Waals surface area contributed by atoms with Gasteiger partial charge in [0.1, 0.15) is 5.56 Å². The number of nitrogens with one attached hydrogen (secondary N) is 1. The van der Waals surface area contributed by atoms with Crippen LogP contribution in [0.25, 0.3) is 0 Å². The van der Waals surface area contributed by atoms with E-state index in [0.29, 0.717) is 10.3 Å². The number of benzene rings is 1. The van der Waals surface area contributed by atoms with Gasteiger partial charge in [-0.05, 0) is 30.7 Å². The molecule has 1 aromatic carbocycles. The first-order valence-electron chi connectivity index (χ1n) is 6.89. The van der Waals surface area contributed by atoms with Gasteiger partial charge in [-0.3, -0.25) is 14.9 Å². The third-order valence-electron chi connectivity index (χ3n) is 3.55. The van der Waals surface area contributed by atoms with E-state index >= 15 is 0 Å². The van der Waals surface area contributed by atoms with Crippen molar-refractivity contribution in [3.05, 3.63) is 38.9 Å². The van der Waals surface area contributed by atoms with E-state index in [9.17, 15) is 14.9 Å². The van der Waals surface area contributed by atoms with Gasteiger partial charge in [0.15, 0.2) is 0 Å². The zero-order valence-corrected chi connectivity index (χ0v) is 13.2. The van der Waals surface area contributed by atoms with Crippen molar-refractivity contribution in [1.29, 1.82) is 0 Å². The molecule has 21 heavy (non-hydrogen) atoms.